The quantitative estimate of drug-likeness (QED) is 0.629. The first-order valence-corrected chi connectivity index (χ1v) is 4.80. The molecule has 0 radical (unpaired) electrons. The van der Waals surface area contributed by atoms with Gasteiger partial charge in [-0.2, -0.15) is 0 Å². The standard InChI is InChI=1S/C9H18N2/c1-10-7-8-4-6-11-5-2-3-9(8)11/h8-10H,2-7H2,1H3/t8-,9-/m1/s1. The molecule has 0 unspecified atom stereocenters. The minimum atomic E-state index is 0.933. The molecule has 2 nitrogen and oxygen atoms in total. The summed E-state index contributed by atoms with van der Waals surface area (Å²) in [6.45, 7) is 3.95. The van der Waals surface area contributed by atoms with Gasteiger partial charge >= 0.3 is 0 Å². The largest absolute Gasteiger partial charge is 0.319 e. The van der Waals surface area contributed by atoms with Crippen LogP contribution in [0.3, 0.4) is 0 Å². The van der Waals surface area contributed by atoms with Crippen molar-refractivity contribution in [1.82, 2.24) is 10.2 Å². The highest BCUT2D eigenvalue weighted by atomic mass is 15.2. The lowest BCUT2D eigenvalue weighted by atomic mass is 9.98. The van der Waals surface area contributed by atoms with Crippen LogP contribution in [0.15, 0.2) is 0 Å². The van der Waals surface area contributed by atoms with Crippen molar-refractivity contribution in [2.75, 3.05) is 26.7 Å². The molecule has 0 spiro atoms. The van der Waals surface area contributed by atoms with E-state index in [0.717, 1.165) is 12.0 Å². The average Bonchev–Trinajstić information content (AvgIpc) is 2.53. The number of fused-ring (bicyclic) bond motifs is 1. The fourth-order valence-corrected chi connectivity index (χ4v) is 2.69. The number of hydrogen-bond acceptors (Lipinski definition) is 2. The SMILES string of the molecule is CNC[C@H]1CCN2CCC[C@H]12. The second-order valence-corrected chi connectivity index (χ2v) is 3.85. The van der Waals surface area contributed by atoms with E-state index in [9.17, 15) is 0 Å². The Labute approximate surface area is 69.0 Å². The van der Waals surface area contributed by atoms with E-state index < -0.39 is 0 Å². The Morgan fingerprint density at radius 2 is 2.27 bits per heavy atom. The lowest BCUT2D eigenvalue weighted by Crippen LogP contribution is -2.30. The second kappa shape index (κ2) is 3.11. The van der Waals surface area contributed by atoms with Gasteiger partial charge in [-0.25, -0.2) is 0 Å². The average molecular weight is 154 g/mol. The van der Waals surface area contributed by atoms with Gasteiger partial charge in [-0.05, 0) is 51.9 Å². The lowest BCUT2D eigenvalue weighted by molar-refractivity contribution is 0.288. The smallest absolute Gasteiger partial charge is 0.0137 e. The van der Waals surface area contributed by atoms with E-state index in [1.807, 2.05) is 0 Å². The van der Waals surface area contributed by atoms with Crippen LogP contribution in [0, 0.1) is 5.92 Å². The van der Waals surface area contributed by atoms with Gasteiger partial charge in [0.25, 0.3) is 0 Å². The summed E-state index contributed by atoms with van der Waals surface area (Å²) in [6.07, 6.45) is 4.31. The molecule has 1 N–H and O–H groups in total. The van der Waals surface area contributed by atoms with Crippen molar-refractivity contribution in [1.29, 1.82) is 0 Å². The van der Waals surface area contributed by atoms with Crippen molar-refractivity contribution in [3.8, 4) is 0 Å². The number of nitrogens with one attached hydrogen (secondary N) is 1. The summed E-state index contributed by atoms with van der Waals surface area (Å²) in [5.41, 5.74) is 0. The van der Waals surface area contributed by atoms with Gasteiger partial charge in [0.1, 0.15) is 0 Å². The Kier molecular flexibility index (Phi) is 2.14. The minimum Gasteiger partial charge on any atom is -0.319 e. The Bertz CT molecular complexity index is 134. The summed E-state index contributed by atoms with van der Waals surface area (Å²) in [6, 6.07) is 0.933. The van der Waals surface area contributed by atoms with Crippen LogP contribution in [-0.2, 0) is 0 Å². The molecule has 0 saturated carbocycles. The summed E-state index contributed by atoms with van der Waals surface area (Å²) in [4.78, 5) is 2.67. The first kappa shape index (κ1) is 7.56. The summed E-state index contributed by atoms with van der Waals surface area (Å²) in [5, 5.41) is 3.30. The predicted molar refractivity (Wildman–Crippen MR) is 46.6 cm³/mol. The molecule has 2 heteroatoms. The number of rotatable bonds is 2. The van der Waals surface area contributed by atoms with E-state index in [4.69, 9.17) is 0 Å². The Balaban J connectivity index is 1.92. The van der Waals surface area contributed by atoms with Gasteiger partial charge in [0.05, 0.1) is 0 Å². The maximum Gasteiger partial charge on any atom is 0.0137 e. The third-order valence-corrected chi connectivity index (χ3v) is 3.21. The number of nitrogens with zero attached hydrogens (tertiary/aromatic N) is 1. The molecule has 2 heterocycles. The highest BCUT2D eigenvalue weighted by Gasteiger charge is 2.36. The zero-order valence-corrected chi connectivity index (χ0v) is 7.34. The van der Waals surface area contributed by atoms with E-state index in [-0.39, 0.29) is 0 Å². The maximum atomic E-state index is 3.30. The van der Waals surface area contributed by atoms with Crippen molar-refractivity contribution in [3.05, 3.63) is 0 Å². The molecule has 0 aromatic carbocycles. The molecule has 0 aromatic heterocycles. The van der Waals surface area contributed by atoms with E-state index in [1.165, 1.54) is 38.9 Å². The van der Waals surface area contributed by atoms with Crippen LogP contribution in [-0.4, -0.2) is 37.6 Å². The van der Waals surface area contributed by atoms with Gasteiger partial charge in [0.2, 0.25) is 0 Å². The fourth-order valence-electron chi connectivity index (χ4n) is 2.69. The lowest BCUT2D eigenvalue weighted by Gasteiger charge is -2.19. The monoisotopic (exact) mass is 154 g/mol. The molecule has 0 aromatic rings. The van der Waals surface area contributed by atoms with Crippen molar-refractivity contribution < 1.29 is 0 Å². The predicted octanol–water partition coefficient (Wildman–Crippen LogP) is 0.690. The van der Waals surface area contributed by atoms with Crippen LogP contribution < -0.4 is 5.32 Å². The van der Waals surface area contributed by atoms with Gasteiger partial charge in [-0.15, -0.1) is 0 Å². The van der Waals surface area contributed by atoms with Gasteiger partial charge in [0.15, 0.2) is 0 Å². The molecule has 2 aliphatic rings. The van der Waals surface area contributed by atoms with Gasteiger partial charge in [-0.3, -0.25) is 0 Å². The third kappa shape index (κ3) is 1.30. The van der Waals surface area contributed by atoms with Crippen molar-refractivity contribution in [2.45, 2.75) is 25.3 Å². The van der Waals surface area contributed by atoms with E-state index in [2.05, 4.69) is 17.3 Å². The normalized spacial score (nSPS) is 37.9. The Morgan fingerprint density at radius 3 is 3.09 bits per heavy atom. The van der Waals surface area contributed by atoms with Crippen LogP contribution in [0.25, 0.3) is 0 Å². The Hall–Kier alpha value is -0.0800. The van der Waals surface area contributed by atoms with Crippen LogP contribution in [0.4, 0.5) is 0 Å². The van der Waals surface area contributed by atoms with Crippen LogP contribution in [0.5, 0.6) is 0 Å². The molecule has 2 aliphatic heterocycles. The van der Waals surface area contributed by atoms with E-state index >= 15 is 0 Å². The van der Waals surface area contributed by atoms with Gasteiger partial charge in [0, 0.05) is 6.04 Å². The first-order valence-electron chi connectivity index (χ1n) is 4.80. The molecular formula is C9H18N2. The van der Waals surface area contributed by atoms with E-state index in [0.29, 0.717) is 0 Å². The van der Waals surface area contributed by atoms with Crippen molar-refractivity contribution >= 4 is 0 Å². The zero-order valence-electron chi connectivity index (χ0n) is 7.34. The van der Waals surface area contributed by atoms with Gasteiger partial charge in [-0.1, -0.05) is 0 Å². The molecule has 2 saturated heterocycles. The summed E-state index contributed by atoms with van der Waals surface area (Å²) < 4.78 is 0. The first-order chi connectivity index (χ1) is 5.42. The topological polar surface area (TPSA) is 15.3 Å². The Morgan fingerprint density at radius 1 is 1.36 bits per heavy atom. The highest BCUT2D eigenvalue weighted by molar-refractivity contribution is 4.91. The molecule has 2 fully saturated rings. The molecule has 0 aliphatic carbocycles. The third-order valence-electron chi connectivity index (χ3n) is 3.21. The molecule has 2 atom stereocenters. The molecule has 2 rings (SSSR count). The molecule has 11 heavy (non-hydrogen) atoms. The maximum absolute atomic E-state index is 3.30. The second-order valence-electron chi connectivity index (χ2n) is 3.85. The molecule has 64 valence electrons. The zero-order chi connectivity index (χ0) is 7.68. The summed E-state index contributed by atoms with van der Waals surface area (Å²) in [7, 11) is 2.07. The van der Waals surface area contributed by atoms with Crippen molar-refractivity contribution in [3.63, 3.8) is 0 Å². The van der Waals surface area contributed by atoms with Gasteiger partial charge < -0.3 is 10.2 Å². The van der Waals surface area contributed by atoms with E-state index in [1.54, 1.807) is 0 Å². The molecule has 0 amide bonds. The number of hydrogen-bond donors (Lipinski definition) is 1. The highest BCUT2D eigenvalue weighted by Crippen LogP contribution is 2.31. The fraction of sp³-hybridized carbons (Fsp3) is 1.00. The van der Waals surface area contributed by atoms with Crippen LogP contribution in [0.2, 0.25) is 0 Å². The van der Waals surface area contributed by atoms with Crippen LogP contribution >= 0.6 is 0 Å². The summed E-state index contributed by atoms with van der Waals surface area (Å²) >= 11 is 0. The minimum absolute atomic E-state index is 0.933. The van der Waals surface area contributed by atoms with Crippen LogP contribution in [0.1, 0.15) is 19.3 Å². The summed E-state index contributed by atoms with van der Waals surface area (Å²) in [5.74, 6) is 0.947. The van der Waals surface area contributed by atoms with Crippen molar-refractivity contribution in [2.24, 2.45) is 5.92 Å². The molecular weight excluding hydrogens is 136 g/mol. The molecule has 0 bridgehead atoms.